The van der Waals surface area contributed by atoms with Gasteiger partial charge in [-0.05, 0) is 47.4 Å². The number of amides is 1. The van der Waals surface area contributed by atoms with Crippen LogP contribution in [-0.2, 0) is 16.5 Å². The zero-order chi connectivity index (χ0) is 26.1. The molecule has 192 valence electrons. The number of rotatable bonds is 5. The van der Waals surface area contributed by atoms with Crippen LogP contribution in [0.15, 0.2) is 65.1 Å². The molecule has 5 rings (SSSR count). The molecule has 1 saturated heterocycles. The van der Waals surface area contributed by atoms with E-state index in [1.807, 2.05) is 36.4 Å². The number of hydrogen-bond acceptors (Lipinski definition) is 5. The Bertz CT molecular complexity index is 1410. The second-order valence-electron chi connectivity index (χ2n) is 10.0. The van der Waals surface area contributed by atoms with Gasteiger partial charge in [-0.15, -0.1) is 0 Å². The molecular formula is C28H31N3O5P+. The van der Waals surface area contributed by atoms with E-state index < -0.39 is 7.60 Å². The van der Waals surface area contributed by atoms with E-state index in [0.717, 1.165) is 23.4 Å². The predicted octanol–water partition coefficient (Wildman–Crippen LogP) is 3.43. The highest BCUT2D eigenvalue weighted by molar-refractivity contribution is 7.51. The van der Waals surface area contributed by atoms with Gasteiger partial charge in [0.1, 0.15) is 0 Å². The van der Waals surface area contributed by atoms with Crippen molar-refractivity contribution in [2.75, 3.05) is 37.7 Å². The first-order valence-electron chi connectivity index (χ1n) is 12.4. The van der Waals surface area contributed by atoms with Gasteiger partial charge in [0.15, 0.2) is 5.76 Å². The summed E-state index contributed by atoms with van der Waals surface area (Å²) >= 11 is 0. The lowest BCUT2D eigenvalue weighted by atomic mass is 9.73. The normalized spacial score (nSPS) is 22.7. The van der Waals surface area contributed by atoms with Crippen LogP contribution in [0.3, 0.4) is 0 Å². The lowest BCUT2D eigenvalue weighted by Gasteiger charge is -2.45. The first-order chi connectivity index (χ1) is 17.7. The number of likely N-dealkylation sites (tertiary alicyclic amines) is 1. The van der Waals surface area contributed by atoms with Crippen LogP contribution in [0.5, 0.6) is 0 Å². The first kappa shape index (κ1) is 25.5. The molecule has 3 aromatic rings. The highest BCUT2D eigenvalue weighted by Crippen LogP contribution is 2.47. The summed E-state index contributed by atoms with van der Waals surface area (Å²) in [6.45, 7) is 2.19. The molecule has 5 N–H and O–H groups in total. The van der Waals surface area contributed by atoms with Crippen LogP contribution < -0.4 is 11.1 Å². The van der Waals surface area contributed by atoms with Crippen molar-refractivity contribution in [3.05, 3.63) is 88.9 Å². The number of carbonyl (C=O) groups excluding carboxylic acids is 1. The maximum absolute atomic E-state index is 13.8. The van der Waals surface area contributed by atoms with Gasteiger partial charge in [0, 0.05) is 42.6 Å². The van der Waals surface area contributed by atoms with E-state index in [4.69, 9.17) is 10.2 Å². The number of nitrogens with two attached hydrogens (primary N) is 1. The van der Waals surface area contributed by atoms with E-state index in [-0.39, 0.29) is 34.3 Å². The molecule has 0 aliphatic carbocycles. The lowest BCUT2D eigenvalue weighted by molar-refractivity contribution is -0.854. The number of nitrogens with one attached hydrogen (secondary N) is 1. The molecule has 0 unspecified atom stereocenters. The standard InChI is InChI=1S/C28H30N3O5P/c29-19-22-7-10-25-24(18-22)28(20-30-25)12-14-31(15-13-28,16-17-37(33,34)35)27(32)26-11-9-23(36-26)8-6-21-4-2-1-3-5-21/h1-5,7,9-11,18,30H,12-17,19-20,29H2,(H-,33,34,35)/p+1. The summed E-state index contributed by atoms with van der Waals surface area (Å²) in [4.78, 5) is 33.1. The summed E-state index contributed by atoms with van der Waals surface area (Å²) in [6, 6.07) is 19.0. The fraction of sp³-hybridized carbons (Fsp3) is 0.321. The zero-order valence-electron chi connectivity index (χ0n) is 20.5. The fourth-order valence-corrected chi connectivity index (χ4v) is 6.11. The van der Waals surface area contributed by atoms with Gasteiger partial charge in [-0.25, -0.2) is 4.79 Å². The summed E-state index contributed by atoms with van der Waals surface area (Å²) in [5.41, 5.74) is 9.94. The first-order valence-corrected chi connectivity index (χ1v) is 14.2. The van der Waals surface area contributed by atoms with E-state index in [1.54, 1.807) is 12.1 Å². The highest BCUT2D eigenvalue weighted by Gasteiger charge is 2.51. The average Bonchev–Trinajstić information content (AvgIpc) is 3.52. The van der Waals surface area contributed by atoms with Gasteiger partial charge < -0.3 is 25.3 Å². The molecule has 9 heteroatoms. The van der Waals surface area contributed by atoms with Crippen molar-refractivity contribution in [2.45, 2.75) is 24.8 Å². The van der Waals surface area contributed by atoms with Gasteiger partial charge in [-0.3, -0.25) is 9.05 Å². The minimum atomic E-state index is -4.29. The maximum atomic E-state index is 13.8. The average molecular weight is 521 g/mol. The van der Waals surface area contributed by atoms with Crippen molar-refractivity contribution < 1.29 is 28.0 Å². The molecule has 0 atom stereocenters. The number of furan rings is 1. The molecule has 1 aromatic heterocycles. The van der Waals surface area contributed by atoms with Crippen LogP contribution in [0.2, 0.25) is 0 Å². The molecule has 1 spiro atoms. The zero-order valence-corrected chi connectivity index (χ0v) is 21.4. The molecule has 2 aromatic carbocycles. The number of piperidine rings is 1. The number of nitrogens with zero attached hydrogens (tertiary/aromatic N) is 1. The van der Waals surface area contributed by atoms with E-state index in [9.17, 15) is 19.1 Å². The number of hydrogen-bond donors (Lipinski definition) is 4. The minimum absolute atomic E-state index is 0.0496. The molecule has 0 saturated carbocycles. The van der Waals surface area contributed by atoms with Crippen LogP contribution >= 0.6 is 7.60 Å². The third-order valence-corrected chi connectivity index (χ3v) is 8.50. The number of quaternary nitrogens is 1. The summed E-state index contributed by atoms with van der Waals surface area (Å²) in [5, 5.41) is 3.50. The molecular weight excluding hydrogens is 489 g/mol. The largest absolute Gasteiger partial charge is 0.438 e. The van der Waals surface area contributed by atoms with Crippen molar-refractivity contribution in [3.63, 3.8) is 0 Å². The SMILES string of the molecule is NCc1ccc2c(c1)C1(CC[N+](CCP(=O)(O)O)(C(=O)c3ccc(C#Cc4ccccc4)o3)CC1)CN2. The van der Waals surface area contributed by atoms with Crippen molar-refractivity contribution >= 4 is 19.2 Å². The number of fused-ring (bicyclic) bond motifs is 2. The van der Waals surface area contributed by atoms with Gasteiger partial charge >= 0.3 is 13.5 Å². The van der Waals surface area contributed by atoms with Crippen LogP contribution in [0.1, 0.15) is 45.8 Å². The van der Waals surface area contributed by atoms with Gasteiger partial charge in [0.05, 0.1) is 25.8 Å². The number of carbonyl (C=O) groups is 1. The van der Waals surface area contributed by atoms with Crippen LogP contribution in [0.4, 0.5) is 5.69 Å². The van der Waals surface area contributed by atoms with Gasteiger partial charge in [0.2, 0.25) is 5.76 Å². The minimum Gasteiger partial charge on any atom is -0.438 e. The Morgan fingerprint density at radius 3 is 2.54 bits per heavy atom. The van der Waals surface area contributed by atoms with E-state index >= 15 is 0 Å². The van der Waals surface area contributed by atoms with Crippen LogP contribution in [0.25, 0.3) is 0 Å². The molecule has 2 aliphatic heterocycles. The van der Waals surface area contributed by atoms with Crippen molar-refractivity contribution in [2.24, 2.45) is 5.73 Å². The maximum Gasteiger partial charge on any atom is 0.381 e. The van der Waals surface area contributed by atoms with E-state index in [0.29, 0.717) is 38.2 Å². The van der Waals surface area contributed by atoms with E-state index in [1.165, 1.54) is 5.56 Å². The third-order valence-electron chi connectivity index (χ3n) is 7.72. The molecule has 1 amide bonds. The van der Waals surface area contributed by atoms with Gasteiger partial charge in [0.25, 0.3) is 0 Å². The van der Waals surface area contributed by atoms with Gasteiger partial charge in [-0.2, -0.15) is 0 Å². The second kappa shape index (κ2) is 9.94. The monoisotopic (exact) mass is 520 g/mol. The van der Waals surface area contributed by atoms with Crippen LogP contribution in [0, 0.1) is 11.8 Å². The molecule has 1 fully saturated rings. The van der Waals surface area contributed by atoms with Crippen LogP contribution in [-0.4, -0.2) is 52.5 Å². The third kappa shape index (κ3) is 5.28. The molecule has 3 heterocycles. The molecule has 2 aliphatic rings. The molecule has 37 heavy (non-hydrogen) atoms. The smallest absolute Gasteiger partial charge is 0.381 e. The topological polar surface area (TPSA) is 126 Å². The number of anilines is 1. The van der Waals surface area contributed by atoms with Crippen molar-refractivity contribution in [1.29, 1.82) is 0 Å². The Hall–Kier alpha value is -3.18. The molecule has 0 bridgehead atoms. The summed E-state index contributed by atoms with van der Waals surface area (Å²) in [5.74, 6) is 6.24. The second-order valence-corrected chi connectivity index (χ2v) is 11.8. The summed E-state index contributed by atoms with van der Waals surface area (Å²) in [6.07, 6.45) is 1.05. The fourth-order valence-electron chi connectivity index (χ4n) is 5.47. The Balaban J connectivity index is 1.40. The van der Waals surface area contributed by atoms with Gasteiger partial charge in [-0.1, -0.05) is 36.3 Å². The Morgan fingerprint density at radius 2 is 1.84 bits per heavy atom. The Labute approximate surface area is 216 Å². The summed E-state index contributed by atoms with van der Waals surface area (Å²) in [7, 11) is -4.29. The van der Waals surface area contributed by atoms with Crippen molar-refractivity contribution in [3.8, 4) is 11.8 Å². The van der Waals surface area contributed by atoms with E-state index in [2.05, 4.69) is 29.3 Å². The Kier molecular flexibility index (Phi) is 6.84. The summed E-state index contributed by atoms with van der Waals surface area (Å²) < 4.78 is 17.6. The molecule has 0 radical (unpaired) electrons. The predicted molar refractivity (Wildman–Crippen MR) is 141 cm³/mol. The lowest BCUT2D eigenvalue weighted by Crippen LogP contribution is -2.61. The Morgan fingerprint density at radius 1 is 1.08 bits per heavy atom. The van der Waals surface area contributed by atoms with Crippen molar-refractivity contribution in [1.82, 2.24) is 0 Å². The highest BCUT2D eigenvalue weighted by atomic mass is 31.2. The molecule has 8 nitrogen and oxygen atoms in total. The number of benzene rings is 2. The quantitative estimate of drug-likeness (QED) is 0.231.